The van der Waals surface area contributed by atoms with Gasteiger partial charge in [0.25, 0.3) is 0 Å². The van der Waals surface area contributed by atoms with Gasteiger partial charge in [0.15, 0.2) is 0 Å². The maximum atomic E-state index is 11.3. The number of carbonyl (C=O) groups is 1. The average Bonchev–Trinajstić information content (AvgIpc) is 3.19. The van der Waals surface area contributed by atoms with Crippen LogP contribution in [0.1, 0.15) is 37.1 Å². The summed E-state index contributed by atoms with van der Waals surface area (Å²) in [5.74, 6) is 0.208. The minimum absolute atomic E-state index is 0.129. The molecule has 4 rings (SSSR count). The molecule has 0 unspecified atom stereocenters. The molecule has 3 aromatic rings. The van der Waals surface area contributed by atoms with E-state index in [0.717, 1.165) is 18.5 Å². The second kappa shape index (κ2) is 9.80. The maximum Gasteiger partial charge on any atom is 0.306 e. The van der Waals surface area contributed by atoms with Crippen molar-refractivity contribution in [1.29, 1.82) is 0 Å². The van der Waals surface area contributed by atoms with Gasteiger partial charge in [-0.15, -0.1) is 5.10 Å². The van der Waals surface area contributed by atoms with Crippen LogP contribution >= 0.6 is 0 Å². The molecule has 1 aliphatic carbocycles. The van der Waals surface area contributed by atoms with Crippen molar-refractivity contribution in [2.24, 2.45) is 13.0 Å². The molecule has 1 aliphatic rings. The van der Waals surface area contributed by atoms with Crippen LogP contribution in [0, 0.1) is 12.8 Å². The zero-order valence-corrected chi connectivity index (χ0v) is 18.8. The number of rotatable bonds is 8. The van der Waals surface area contributed by atoms with Crippen molar-refractivity contribution in [2.75, 3.05) is 7.11 Å². The van der Waals surface area contributed by atoms with Gasteiger partial charge in [0, 0.05) is 7.05 Å². The van der Waals surface area contributed by atoms with E-state index in [1.807, 2.05) is 19.1 Å². The number of aromatic nitrogens is 6. The molecule has 0 saturated heterocycles. The van der Waals surface area contributed by atoms with Crippen LogP contribution in [0.2, 0.25) is 0 Å². The molecule has 174 valence electrons. The summed E-state index contributed by atoms with van der Waals surface area (Å²) in [4.78, 5) is 24.2. The van der Waals surface area contributed by atoms with Crippen LogP contribution < -0.4 is 14.2 Å². The van der Waals surface area contributed by atoms with E-state index < -0.39 is 5.97 Å². The Morgan fingerprint density at radius 2 is 2.03 bits per heavy atom. The normalized spacial score (nSPS) is 18.0. The number of pyridine rings is 1. The van der Waals surface area contributed by atoms with Gasteiger partial charge in [-0.2, -0.15) is 4.98 Å². The predicted molar refractivity (Wildman–Crippen MR) is 116 cm³/mol. The maximum absolute atomic E-state index is 11.3. The van der Waals surface area contributed by atoms with Gasteiger partial charge in [-0.3, -0.25) is 9.78 Å². The van der Waals surface area contributed by atoms with Crippen LogP contribution in [0.15, 0.2) is 24.5 Å². The number of ether oxygens (including phenoxy) is 3. The van der Waals surface area contributed by atoms with Gasteiger partial charge < -0.3 is 19.3 Å². The molecule has 0 amide bonds. The first-order chi connectivity index (χ1) is 15.9. The number of aryl methyl sites for hydroxylation is 2. The highest BCUT2D eigenvalue weighted by molar-refractivity contribution is 5.70. The molecule has 2 atom stereocenters. The van der Waals surface area contributed by atoms with E-state index in [-0.39, 0.29) is 18.6 Å². The lowest BCUT2D eigenvalue weighted by Gasteiger charge is -2.27. The molecule has 1 N–H and O–H groups in total. The molecule has 3 heterocycles. The van der Waals surface area contributed by atoms with Crippen LogP contribution in [-0.2, 0) is 18.4 Å². The Hall–Kier alpha value is -3.76. The molecular weight excluding hydrogens is 428 g/mol. The summed E-state index contributed by atoms with van der Waals surface area (Å²) in [5.41, 5.74) is 2.64. The Balaban J connectivity index is 1.48. The average molecular weight is 454 g/mol. The van der Waals surface area contributed by atoms with Crippen molar-refractivity contribution in [2.45, 2.75) is 45.3 Å². The monoisotopic (exact) mass is 454 g/mol. The molecule has 33 heavy (non-hydrogen) atoms. The van der Waals surface area contributed by atoms with E-state index in [1.54, 1.807) is 11.7 Å². The molecule has 1 saturated carbocycles. The molecule has 1 fully saturated rings. The quantitative estimate of drug-likeness (QED) is 0.541. The highest BCUT2D eigenvalue weighted by Gasteiger charge is 2.28. The van der Waals surface area contributed by atoms with Gasteiger partial charge in [-0.05, 0) is 44.7 Å². The van der Waals surface area contributed by atoms with Crippen molar-refractivity contribution in [3.63, 3.8) is 0 Å². The number of hydrogen-bond donors (Lipinski definition) is 1. The first-order valence-electron chi connectivity index (χ1n) is 10.7. The van der Waals surface area contributed by atoms with E-state index in [2.05, 4.69) is 25.3 Å². The number of aliphatic carboxylic acids is 1. The number of carboxylic acid groups (broad SMARTS) is 1. The second-order valence-electron chi connectivity index (χ2n) is 7.92. The fourth-order valence-electron chi connectivity index (χ4n) is 3.84. The summed E-state index contributed by atoms with van der Waals surface area (Å²) >= 11 is 0. The smallest absolute Gasteiger partial charge is 0.306 e. The summed E-state index contributed by atoms with van der Waals surface area (Å²) in [5, 5.41) is 17.7. The number of methoxy groups -OCH3 is 1. The third-order valence-corrected chi connectivity index (χ3v) is 5.65. The van der Waals surface area contributed by atoms with Gasteiger partial charge in [0.1, 0.15) is 23.7 Å². The van der Waals surface area contributed by atoms with E-state index in [9.17, 15) is 9.90 Å². The topological polar surface area (TPSA) is 134 Å². The summed E-state index contributed by atoms with van der Waals surface area (Å²) in [6.45, 7) is 2.02. The molecular formula is C22H26N6O5. The third kappa shape index (κ3) is 5.18. The molecule has 0 aliphatic heterocycles. The number of nitrogens with zero attached hydrogens (tertiary/aromatic N) is 6. The van der Waals surface area contributed by atoms with Gasteiger partial charge in [-0.1, -0.05) is 5.21 Å². The molecule has 0 radical (unpaired) electrons. The van der Waals surface area contributed by atoms with Gasteiger partial charge in [0.2, 0.25) is 11.8 Å². The Bertz CT molecular complexity index is 1130. The van der Waals surface area contributed by atoms with Crippen molar-refractivity contribution in [3.05, 3.63) is 35.9 Å². The highest BCUT2D eigenvalue weighted by Crippen LogP contribution is 2.30. The van der Waals surface area contributed by atoms with E-state index in [0.29, 0.717) is 47.4 Å². The fraction of sp³-hybridized carbons (Fsp3) is 0.455. The summed E-state index contributed by atoms with van der Waals surface area (Å²) < 4.78 is 18.6. The SMILES string of the molecule is COc1cncc(OCc2c(-c3ccc(O[C@H]4CCC[C@H](C(=O)O)C4)c(C)n3)nnn2C)n1. The first kappa shape index (κ1) is 22.4. The van der Waals surface area contributed by atoms with Crippen molar-refractivity contribution < 1.29 is 24.1 Å². The standard InChI is InChI=1S/C22H26N6O5/c1-13-18(33-15-6-4-5-14(9-15)22(29)30)8-7-16(24-13)21-17(28(2)27-26-21)12-32-20-11-23-10-19(25-20)31-3/h7-8,10-11,14-15H,4-6,9,12H2,1-3H3,(H,29,30)/t14-,15-/m0/s1. The van der Waals surface area contributed by atoms with Crippen molar-refractivity contribution in [1.82, 2.24) is 29.9 Å². The van der Waals surface area contributed by atoms with Gasteiger partial charge >= 0.3 is 5.97 Å². The minimum Gasteiger partial charge on any atom is -0.489 e. The first-order valence-corrected chi connectivity index (χ1v) is 10.7. The lowest BCUT2D eigenvalue weighted by atomic mass is 9.87. The lowest BCUT2D eigenvalue weighted by Crippen LogP contribution is -2.29. The predicted octanol–water partition coefficient (Wildman–Crippen LogP) is 2.59. The highest BCUT2D eigenvalue weighted by atomic mass is 16.5. The Kier molecular flexibility index (Phi) is 6.66. The summed E-state index contributed by atoms with van der Waals surface area (Å²) in [6.07, 6.45) is 5.75. The van der Waals surface area contributed by atoms with Crippen LogP contribution in [0.25, 0.3) is 11.4 Å². The second-order valence-corrected chi connectivity index (χ2v) is 7.92. The zero-order chi connectivity index (χ0) is 23.4. The lowest BCUT2D eigenvalue weighted by molar-refractivity contribution is -0.143. The largest absolute Gasteiger partial charge is 0.489 e. The number of carboxylic acids is 1. The van der Waals surface area contributed by atoms with Crippen molar-refractivity contribution >= 4 is 5.97 Å². The van der Waals surface area contributed by atoms with E-state index in [1.165, 1.54) is 19.5 Å². The molecule has 11 nitrogen and oxygen atoms in total. The molecule has 0 spiro atoms. The van der Waals surface area contributed by atoms with Gasteiger partial charge in [0.05, 0.1) is 42.9 Å². The van der Waals surface area contributed by atoms with E-state index in [4.69, 9.17) is 14.2 Å². The Morgan fingerprint density at radius 1 is 1.21 bits per heavy atom. The third-order valence-electron chi connectivity index (χ3n) is 5.65. The molecule has 3 aromatic heterocycles. The Labute approximate surface area is 190 Å². The Morgan fingerprint density at radius 3 is 2.79 bits per heavy atom. The van der Waals surface area contributed by atoms with Crippen molar-refractivity contribution in [3.8, 4) is 28.9 Å². The van der Waals surface area contributed by atoms with E-state index >= 15 is 0 Å². The fourth-order valence-corrected chi connectivity index (χ4v) is 3.84. The summed E-state index contributed by atoms with van der Waals surface area (Å²) in [6, 6.07) is 3.66. The number of hydrogen-bond acceptors (Lipinski definition) is 9. The molecule has 11 heteroatoms. The van der Waals surface area contributed by atoms with Crippen LogP contribution in [0.5, 0.6) is 17.5 Å². The van der Waals surface area contributed by atoms with Crippen LogP contribution in [0.4, 0.5) is 0 Å². The van der Waals surface area contributed by atoms with Crippen LogP contribution in [0.3, 0.4) is 0 Å². The van der Waals surface area contributed by atoms with Gasteiger partial charge in [-0.25, -0.2) is 9.67 Å². The summed E-state index contributed by atoms with van der Waals surface area (Å²) in [7, 11) is 3.29. The molecule has 0 bridgehead atoms. The van der Waals surface area contributed by atoms with Crippen LogP contribution in [-0.4, -0.2) is 54.2 Å². The zero-order valence-electron chi connectivity index (χ0n) is 18.8. The molecule has 0 aromatic carbocycles. The minimum atomic E-state index is -0.758.